The molecule has 0 fully saturated rings. The Balaban J connectivity index is 1.86. The van der Waals surface area contributed by atoms with Crippen LogP contribution in [0.5, 0.6) is 0 Å². The van der Waals surface area contributed by atoms with Gasteiger partial charge < -0.3 is 5.73 Å². The molecule has 0 spiro atoms. The van der Waals surface area contributed by atoms with Crippen LogP contribution in [0.25, 0.3) is 0 Å². The first kappa shape index (κ1) is 13.7. The van der Waals surface area contributed by atoms with Crippen molar-refractivity contribution >= 4 is 27.4 Å². The largest absolute Gasteiger partial charge is 0.399 e. The first-order valence-corrected chi connectivity index (χ1v) is 6.89. The molecule has 0 aliphatic heterocycles. The van der Waals surface area contributed by atoms with E-state index in [1.807, 2.05) is 36.4 Å². The van der Waals surface area contributed by atoms with Gasteiger partial charge in [-0.1, -0.05) is 12.1 Å². The second kappa shape index (κ2) is 6.48. The molecule has 0 saturated heterocycles. The van der Waals surface area contributed by atoms with E-state index in [0.29, 0.717) is 12.8 Å². The van der Waals surface area contributed by atoms with Crippen molar-refractivity contribution in [2.75, 3.05) is 5.73 Å². The molecular weight excluding hydrogens is 304 g/mol. The SMILES string of the molecule is Nc1cccc(CCC(=O)Cc2ccc(Br)cn2)c1. The van der Waals surface area contributed by atoms with E-state index >= 15 is 0 Å². The van der Waals surface area contributed by atoms with Crippen molar-refractivity contribution < 1.29 is 4.79 Å². The molecule has 19 heavy (non-hydrogen) atoms. The van der Waals surface area contributed by atoms with Crippen molar-refractivity contribution in [1.29, 1.82) is 0 Å². The average molecular weight is 319 g/mol. The number of rotatable bonds is 5. The summed E-state index contributed by atoms with van der Waals surface area (Å²) >= 11 is 3.32. The van der Waals surface area contributed by atoms with E-state index in [0.717, 1.165) is 27.8 Å². The Labute approximate surface area is 121 Å². The summed E-state index contributed by atoms with van der Waals surface area (Å²) in [5.41, 5.74) is 8.34. The van der Waals surface area contributed by atoms with Gasteiger partial charge >= 0.3 is 0 Å². The lowest BCUT2D eigenvalue weighted by atomic mass is 10.0. The van der Waals surface area contributed by atoms with Gasteiger partial charge in [0.2, 0.25) is 0 Å². The number of carbonyl (C=O) groups is 1. The molecule has 2 aromatic rings. The molecule has 1 heterocycles. The third-order valence-corrected chi connectivity index (χ3v) is 3.28. The van der Waals surface area contributed by atoms with Crippen molar-refractivity contribution in [3.63, 3.8) is 0 Å². The van der Waals surface area contributed by atoms with Crippen LogP contribution in [0.1, 0.15) is 17.7 Å². The molecule has 0 atom stereocenters. The fourth-order valence-electron chi connectivity index (χ4n) is 1.83. The van der Waals surface area contributed by atoms with E-state index in [-0.39, 0.29) is 5.78 Å². The molecule has 3 nitrogen and oxygen atoms in total. The highest BCUT2D eigenvalue weighted by Crippen LogP contribution is 2.11. The molecule has 0 aliphatic rings. The average Bonchev–Trinajstić information content (AvgIpc) is 2.39. The number of hydrogen-bond acceptors (Lipinski definition) is 3. The van der Waals surface area contributed by atoms with E-state index in [4.69, 9.17) is 5.73 Å². The van der Waals surface area contributed by atoms with Crippen LogP contribution < -0.4 is 5.73 Å². The van der Waals surface area contributed by atoms with Crippen LogP contribution >= 0.6 is 15.9 Å². The van der Waals surface area contributed by atoms with Crippen LogP contribution in [0.4, 0.5) is 5.69 Å². The summed E-state index contributed by atoms with van der Waals surface area (Å²) in [7, 11) is 0. The highest BCUT2D eigenvalue weighted by molar-refractivity contribution is 9.10. The van der Waals surface area contributed by atoms with E-state index in [1.165, 1.54) is 0 Å². The number of aromatic nitrogens is 1. The molecular formula is C15H15BrN2O. The molecule has 0 radical (unpaired) electrons. The third kappa shape index (κ3) is 4.48. The standard InChI is InChI=1S/C15H15BrN2O/c16-12-5-6-14(18-10-12)9-15(19)7-4-11-2-1-3-13(17)8-11/h1-3,5-6,8,10H,4,7,9,17H2. The Hall–Kier alpha value is -1.68. The molecule has 1 aromatic heterocycles. The van der Waals surface area contributed by atoms with E-state index in [1.54, 1.807) is 6.20 Å². The second-order valence-electron chi connectivity index (χ2n) is 4.43. The van der Waals surface area contributed by atoms with Crippen LogP contribution in [0.2, 0.25) is 0 Å². The normalized spacial score (nSPS) is 10.4. The number of Topliss-reactive ketones (excluding diaryl/α,β-unsaturated/α-hetero) is 1. The highest BCUT2D eigenvalue weighted by atomic mass is 79.9. The van der Waals surface area contributed by atoms with E-state index in [9.17, 15) is 4.79 Å². The number of aryl methyl sites for hydroxylation is 1. The molecule has 0 amide bonds. The lowest BCUT2D eigenvalue weighted by molar-refractivity contribution is -0.118. The maximum absolute atomic E-state index is 11.9. The summed E-state index contributed by atoms with van der Waals surface area (Å²) in [6.07, 6.45) is 3.33. The Kier molecular flexibility index (Phi) is 4.68. The van der Waals surface area contributed by atoms with Crippen LogP contribution in [0.15, 0.2) is 47.1 Å². The highest BCUT2D eigenvalue weighted by Gasteiger charge is 2.05. The van der Waals surface area contributed by atoms with Gasteiger partial charge in [0.25, 0.3) is 0 Å². The predicted molar refractivity (Wildman–Crippen MR) is 79.8 cm³/mol. The molecule has 2 N–H and O–H groups in total. The number of halogens is 1. The first-order valence-electron chi connectivity index (χ1n) is 6.10. The Bertz CT molecular complexity index is 567. The van der Waals surface area contributed by atoms with Gasteiger partial charge in [-0.05, 0) is 52.2 Å². The Morgan fingerprint density at radius 2 is 2.11 bits per heavy atom. The summed E-state index contributed by atoms with van der Waals surface area (Å²) < 4.78 is 0.920. The number of pyridine rings is 1. The zero-order valence-corrected chi connectivity index (χ0v) is 12.1. The van der Waals surface area contributed by atoms with Gasteiger partial charge in [0.1, 0.15) is 5.78 Å². The fraction of sp³-hybridized carbons (Fsp3) is 0.200. The van der Waals surface area contributed by atoms with Crippen molar-refractivity contribution in [3.05, 3.63) is 58.3 Å². The van der Waals surface area contributed by atoms with Gasteiger partial charge in [-0.25, -0.2) is 0 Å². The molecule has 0 bridgehead atoms. The van der Waals surface area contributed by atoms with Crippen molar-refractivity contribution in [2.24, 2.45) is 0 Å². The molecule has 4 heteroatoms. The molecule has 0 unspecified atom stereocenters. The van der Waals surface area contributed by atoms with Crippen molar-refractivity contribution in [2.45, 2.75) is 19.3 Å². The van der Waals surface area contributed by atoms with Gasteiger partial charge in [0.15, 0.2) is 0 Å². The van der Waals surface area contributed by atoms with E-state index < -0.39 is 0 Å². The van der Waals surface area contributed by atoms with Crippen molar-refractivity contribution in [3.8, 4) is 0 Å². The number of nitrogens with two attached hydrogens (primary N) is 1. The summed E-state index contributed by atoms with van der Waals surface area (Å²) in [5.74, 6) is 0.192. The second-order valence-corrected chi connectivity index (χ2v) is 5.34. The molecule has 0 saturated carbocycles. The summed E-state index contributed by atoms with van der Waals surface area (Å²) in [4.78, 5) is 16.1. The molecule has 2 rings (SSSR count). The van der Waals surface area contributed by atoms with Gasteiger partial charge in [-0.3, -0.25) is 9.78 Å². The summed E-state index contributed by atoms with van der Waals surface area (Å²) in [6.45, 7) is 0. The van der Waals surface area contributed by atoms with Gasteiger partial charge in [0, 0.05) is 34.9 Å². The zero-order chi connectivity index (χ0) is 13.7. The molecule has 0 aliphatic carbocycles. The number of benzene rings is 1. The lowest BCUT2D eigenvalue weighted by Crippen LogP contribution is -2.05. The van der Waals surface area contributed by atoms with Gasteiger partial charge in [0.05, 0.1) is 0 Å². The number of ketones is 1. The molecule has 98 valence electrons. The quantitative estimate of drug-likeness (QED) is 0.861. The third-order valence-electron chi connectivity index (χ3n) is 2.81. The topological polar surface area (TPSA) is 56.0 Å². The lowest BCUT2D eigenvalue weighted by Gasteiger charge is -2.03. The number of carbonyl (C=O) groups excluding carboxylic acids is 1. The number of nitrogens with zero attached hydrogens (tertiary/aromatic N) is 1. The first-order chi connectivity index (χ1) is 9.13. The number of anilines is 1. The van der Waals surface area contributed by atoms with Gasteiger partial charge in [-0.15, -0.1) is 0 Å². The smallest absolute Gasteiger partial charge is 0.139 e. The van der Waals surface area contributed by atoms with E-state index in [2.05, 4.69) is 20.9 Å². The number of hydrogen-bond donors (Lipinski definition) is 1. The predicted octanol–water partition coefficient (Wildman–Crippen LogP) is 3.17. The van der Waals surface area contributed by atoms with Crippen LogP contribution in [-0.4, -0.2) is 10.8 Å². The number of nitrogen functional groups attached to an aromatic ring is 1. The van der Waals surface area contributed by atoms with Gasteiger partial charge in [-0.2, -0.15) is 0 Å². The maximum atomic E-state index is 11.9. The fourth-order valence-corrected chi connectivity index (χ4v) is 2.07. The maximum Gasteiger partial charge on any atom is 0.139 e. The minimum Gasteiger partial charge on any atom is -0.399 e. The van der Waals surface area contributed by atoms with Crippen LogP contribution in [0, 0.1) is 0 Å². The van der Waals surface area contributed by atoms with Crippen LogP contribution in [0.3, 0.4) is 0 Å². The zero-order valence-electron chi connectivity index (χ0n) is 10.5. The minimum absolute atomic E-state index is 0.192. The Morgan fingerprint density at radius 1 is 1.26 bits per heavy atom. The monoisotopic (exact) mass is 318 g/mol. The van der Waals surface area contributed by atoms with Crippen molar-refractivity contribution in [1.82, 2.24) is 4.98 Å². The molecule has 1 aromatic carbocycles. The Morgan fingerprint density at radius 3 is 2.79 bits per heavy atom. The summed E-state index contributed by atoms with van der Waals surface area (Å²) in [5, 5.41) is 0. The minimum atomic E-state index is 0.192. The summed E-state index contributed by atoms with van der Waals surface area (Å²) in [6, 6.07) is 11.4. The van der Waals surface area contributed by atoms with Crippen LogP contribution in [-0.2, 0) is 17.6 Å².